The van der Waals surface area contributed by atoms with Gasteiger partial charge in [-0.1, -0.05) is 48.6 Å². The Labute approximate surface area is 148 Å². The summed E-state index contributed by atoms with van der Waals surface area (Å²) in [6, 6.07) is 8.53. The Hall–Kier alpha value is -2.29. The van der Waals surface area contributed by atoms with E-state index in [0.29, 0.717) is 6.61 Å². The molecule has 1 aromatic rings. The van der Waals surface area contributed by atoms with Crippen molar-refractivity contribution < 1.29 is 9.53 Å². The van der Waals surface area contributed by atoms with Crippen molar-refractivity contribution in [3.63, 3.8) is 0 Å². The number of esters is 1. The minimum absolute atomic E-state index is 0.176. The molecule has 3 aliphatic carbocycles. The molecule has 4 aliphatic rings. The highest BCUT2D eigenvalue weighted by Crippen LogP contribution is 2.51. The molecule has 5 rings (SSSR count). The molecule has 0 radical (unpaired) electrons. The van der Waals surface area contributed by atoms with E-state index in [4.69, 9.17) is 4.74 Å². The van der Waals surface area contributed by atoms with E-state index in [9.17, 15) is 4.79 Å². The second kappa shape index (κ2) is 5.91. The Morgan fingerprint density at radius 3 is 2.24 bits per heavy atom. The van der Waals surface area contributed by atoms with Crippen molar-refractivity contribution >= 4 is 11.7 Å². The van der Waals surface area contributed by atoms with E-state index < -0.39 is 0 Å². The van der Waals surface area contributed by atoms with Gasteiger partial charge in [-0.2, -0.15) is 0 Å². The van der Waals surface area contributed by atoms with E-state index in [0.717, 1.165) is 29.2 Å². The quantitative estimate of drug-likeness (QED) is 0.621. The van der Waals surface area contributed by atoms with Crippen LogP contribution in [0, 0.1) is 29.6 Å². The summed E-state index contributed by atoms with van der Waals surface area (Å²) in [6.45, 7) is 2.71. The van der Waals surface area contributed by atoms with Gasteiger partial charge in [0.05, 0.1) is 5.92 Å². The molecule has 2 unspecified atom stereocenters. The minimum Gasteiger partial charge on any atom is -0.460 e. The third kappa shape index (κ3) is 2.62. The van der Waals surface area contributed by atoms with Crippen LogP contribution in [-0.4, -0.2) is 19.1 Å². The highest BCUT2D eigenvalue weighted by molar-refractivity contribution is 5.77. The maximum absolute atomic E-state index is 11.9. The summed E-state index contributed by atoms with van der Waals surface area (Å²) < 4.78 is 5.41. The van der Waals surface area contributed by atoms with E-state index in [2.05, 4.69) is 41.3 Å². The summed E-state index contributed by atoms with van der Waals surface area (Å²) in [5.41, 5.74) is 2.34. The van der Waals surface area contributed by atoms with Gasteiger partial charge in [-0.05, 0) is 47.8 Å². The molecule has 3 heteroatoms. The van der Waals surface area contributed by atoms with Crippen LogP contribution in [0.25, 0.3) is 0 Å². The molecule has 2 bridgehead atoms. The largest absolute Gasteiger partial charge is 0.460 e. The van der Waals surface area contributed by atoms with Gasteiger partial charge in [0.15, 0.2) is 0 Å². The lowest BCUT2D eigenvalue weighted by molar-refractivity contribution is -0.146. The number of hydrogen-bond acceptors (Lipinski definition) is 3. The van der Waals surface area contributed by atoms with Crippen LogP contribution in [0.3, 0.4) is 0 Å². The Morgan fingerprint density at radius 1 is 0.960 bits per heavy atom. The number of carbonyl (C=O) groups is 1. The number of benzene rings is 1. The van der Waals surface area contributed by atoms with Gasteiger partial charge in [-0.15, -0.1) is 0 Å². The second-order valence-electron chi connectivity index (χ2n) is 7.75. The predicted molar refractivity (Wildman–Crippen MR) is 97.9 cm³/mol. The van der Waals surface area contributed by atoms with Gasteiger partial charge in [0.2, 0.25) is 0 Å². The molecule has 25 heavy (non-hydrogen) atoms. The number of fused-ring (bicyclic) bond motifs is 5. The van der Waals surface area contributed by atoms with Gasteiger partial charge in [-0.3, -0.25) is 4.79 Å². The normalized spacial score (nSPS) is 31.9. The van der Waals surface area contributed by atoms with Crippen molar-refractivity contribution in [2.45, 2.75) is 13.0 Å². The van der Waals surface area contributed by atoms with Crippen LogP contribution in [0.1, 0.15) is 12.0 Å². The van der Waals surface area contributed by atoms with Crippen LogP contribution >= 0.6 is 0 Å². The molecule has 1 saturated carbocycles. The Balaban J connectivity index is 1.19. The summed E-state index contributed by atoms with van der Waals surface area (Å²) in [6.07, 6.45) is 13.8. The minimum atomic E-state index is -0.215. The summed E-state index contributed by atoms with van der Waals surface area (Å²) in [5.74, 6) is 2.94. The van der Waals surface area contributed by atoms with Crippen LogP contribution in [0.2, 0.25) is 0 Å². The highest BCUT2D eigenvalue weighted by atomic mass is 16.5. The van der Waals surface area contributed by atoms with Crippen LogP contribution in [0.5, 0.6) is 0 Å². The number of rotatable bonds is 4. The van der Waals surface area contributed by atoms with Gasteiger partial charge in [0.1, 0.15) is 6.61 Å². The van der Waals surface area contributed by atoms with Crippen LogP contribution in [0.15, 0.2) is 60.7 Å². The first kappa shape index (κ1) is 15.0. The average molecular weight is 333 g/mol. The van der Waals surface area contributed by atoms with Crippen molar-refractivity contribution in [1.29, 1.82) is 0 Å². The number of allylic oxidation sites excluding steroid dienone is 4. The van der Waals surface area contributed by atoms with Crippen LogP contribution in [-0.2, 0) is 16.1 Å². The Kier molecular flexibility index (Phi) is 3.54. The zero-order valence-corrected chi connectivity index (χ0v) is 14.3. The first-order valence-corrected chi connectivity index (χ1v) is 9.32. The maximum Gasteiger partial charge on any atom is 0.317 e. The van der Waals surface area contributed by atoms with Crippen molar-refractivity contribution in [3.8, 4) is 0 Å². The predicted octanol–water partition coefficient (Wildman–Crippen LogP) is 3.73. The number of carbonyl (C=O) groups excluding carboxylic acids is 1. The third-order valence-corrected chi connectivity index (χ3v) is 6.36. The van der Waals surface area contributed by atoms with E-state index in [1.807, 2.05) is 24.3 Å². The van der Waals surface area contributed by atoms with Gasteiger partial charge in [0.25, 0.3) is 0 Å². The SMILES string of the molecule is O=C(OCc1ccc(N2CC3C(C2)[C@H]2C=C[C@@H]3C2)cc1)C1C=CC=C1. The van der Waals surface area contributed by atoms with Gasteiger partial charge in [-0.25, -0.2) is 0 Å². The first-order chi connectivity index (χ1) is 12.3. The topological polar surface area (TPSA) is 29.5 Å². The van der Waals surface area contributed by atoms with E-state index in [-0.39, 0.29) is 11.9 Å². The summed E-state index contributed by atoms with van der Waals surface area (Å²) in [5, 5.41) is 0. The van der Waals surface area contributed by atoms with Crippen LogP contribution < -0.4 is 4.90 Å². The molecule has 4 atom stereocenters. The first-order valence-electron chi connectivity index (χ1n) is 9.32. The fraction of sp³-hybridized carbons (Fsp3) is 0.409. The number of ether oxygens (including phenoxy) is 1. The van der Waals surface area contributed by atoms with Crippen molar-refractivity contribution in [1.82, 2.24) is 0 Å². The second-order valence-corrected chi connectivity index (χ2v) is 7.75. The lowest BCUT2D eigenvalue weighted by Crippen LogP contribution is -2.22. The van der Waals surface area contributed by atoms with Crippen molar-refractivity contribution in [2.75, 3.05) is 18.0 Å². The molecule has 0 spiro atoms. The zero-order chi connectivity index (χ0) is 16.8. The van der Waals surface area contributed by atoms with E-state index in [1.165, 1.54) is 25.2 Å². The van der Waals surface area contributed by atoms with Gasteiger partial charge in [0, 0.05) is 18.8 Å². The number of nitrogens with zero attached hydrogens (tertiary/aromatic N) is 1. The lowest BCUT2D eigenvalue weighted by Gasteiger charge is -2.21. The van der Waals surface area contributed by atoms with Gasteiger partial charge < -0.3 is 9.64 Å². The standard InChI is InChI=1S/C22H23NO2/c24-22(16-3-1-2-4-16)25-14-15-5-9-19(10-6-15)23-12-20-17-7-8-18(11-17)21(20)13-23/h1-10,16-18,20-21H,11-14H2/t17-,18+,20?,21?. The third-order valence-electron chi connectivity index (χ3n) is 6.36. The molecule has 2 fully saturated rings. The molecule has 0 aromatic heterocycles. The maximum atomic E-state index is 11.9. The molecule has 128 valence electrons. The monoisotopic (exact) mass is 333 g/mol. The van der Waals surface area contributed by atoms with Crippen molar-refractivity contribution in [2.24, 2.45) is 29.6 Å². The average Bonchev–Trinajstić information content (AvgIpc) is 3.42. The summed E-state index contributed by atoms with van der Waals surface area (Å²) in [4.78, 5) is 14.5. The van der Waals surface area contributed by atoms with Crippen molar-refractivity contribution in [3.05, 3.63) is 66.3 Å². The molecular formula is C22H23NO2. The van der Waals surface area contributed by atoms with E-state index >= 15 is 0 Å². The summed E-state index contributed by atoms with van der Waals surface area (Å²) >= 11 is 0. The fourth-order valence-electron chi connectivity index (χ4n) is 5.01. The van der Waals surface area contributed by atoms with E-state index in [1.54, 1.807) is 0 Å². The molecule has 1 heterocycles. The lowest BCUT2D eigenvalue weighted by atomic mass is 9.86. The smallest absolute Gasteiger partial charge is 0.317 e. The molecule has 0 amide bonds. The van der Waals surface area contributed by atoms with Gasteiger partial charge >= 0.3 is 5.97 Å². The highest BCUT2D eigenvalue weighted by Gasteiger charge is 2.49. The number of anilines is 1. The molecular weight excluding hydrogens is 310 g/mol. The number of hydrogen-bond donors (Lipinski definition) is 0. The molecule has 1 aromatic carbocycles. The zero-order valence-electron chi connectivity index (χ0n) is 14.3. The Bertz CT molecular complexity index is 729. The Morgan fingerprint density at radius 2 is 1.60 bits per heavy atom. The fourth-order valence-corrected chi connectivity index (χ4v) is 5.01. The van der Waals surface area contributed by atoms with Crippen LogP contribution in [0.4, 0.5) is 5.69 Å². The molecule has 3 nitrogen and oxygen atoms in total. The molecule has 0 N–H and O–H groups in total. The summed E-state index contributed by atoms with van der Waals surface area (Å²) in [7, 11) is 0. The molecule has 1 aliphatic heterocycles. The molecule has 1 saturated heterocycles.